The number of hydrogen-bond donors (Lipinski definition) is 0. The standard InChI is InChI=1S/C21H17F2NO3/c22-14-7-5-13(6-8-14)12-27-15-9-10-19(18(23)11-15)24-20(25)16-3-1-2-4-17(16)21(24)26/h5-11H,1-4,12H2. The predicted molar refractivity (Wildman–Crippen MR) is 95.1 cm³/mol. The summed E-state index contributed by atoms with van der Waals surface area (Å²) in [4.78, 5) is 26.0. The van der Waals surface area contributed by atoms with E-state index in [0.29, 0.717) is 24.0 Å². The lowest BCUT2D eigenvalue weighted by Crippen LogP contribution is -2.32. The molecule has 1 aliphatic heterocycles. The Morgan fingerprint density at radius 3 is 2.11 bits per heavy atom. The third-order valence-electron chi connectivity index (χ3n) is 4.87. The summed E-state index contributed by atoms with van der Waals surface area (Å²) in [7, 11) is 0. The third-order valence-corrected chi connectivity index (χ3v) is 4.87. The number of amides is 2. The Labute approximate surface area is 155 Å². The van der Waals surface area contributed by atoms with Gasteiger partial charge in [-0.25, -0.2) is 13.7 Å². The molecule has 0 N–H and O–H groups in total. The minimum absolute atomic E-state index is 0.0615. The summed E-state index contributed by atoms with van der Waals surface area (Å²) >= 11 is 0. The van der Waals surface area contributed by atoms with Gasteiger partial charge in [-0.2, -0.15) is 0 Å². The second-order valence-electron chi connectivity index (χ2n) is 6.64. The van der Waals surface area contributed by atoms with E-state index in [1.165, 1.54) is 24.3 Å². The van der Waals surface area contributed by atoms with Crippen molar-refractivity contribution in [3.63, 3.8) is 0 Å². The zero-order valence-corrected chi connectivity index (χ0v) is 14.5. The van der Waals surface area contributed by atoms with E-state index in [2.05, 4.69) is 0 Å². The second kappa shape index (κ2) is 6.95. The van der Waals surface area contributed by atoms with Gasteiger partial charge in [-0.15, -0.1) is 0 Å². The van der Waals surface area contributed by atoms with Crippen LogP contribution in [0.2, 0.25) is 0 Å². The Hall–Kier alpha value is -3.02. The van der Waals surface area contributed by atoms with Crippen molar-refractivity contribution in [2.45, 2.75) is 32.3 Å². The van der Waals surface area contributed by atoms with Gasteiger partial charge in [0.15, 0.2) is 5.82 Å². The lowest BCUT2D eigenvalue weighted by atomic mass is 9.93. The molecule has 0 atom stereocenters. The zero-order chi connectivity index (χ0) is 19.0. The van der Waals surface area contributed by atoms with Crippen LogP contribution in [0, 0.1) is 11.6 Å². The molecular formula is C21H17F2NO3. The Kier molecular flexibility index (Phi) is 4.48. The monoisotopic (exact) mass is 369 g/mol. The molecule has 0 bridgehead atoms. The van der Waals surface area contributed by atoms with Crippen molar-refractivity contribution in [1.82, 2.24) is 0 Å². The smallest absolute Gasteiger partial charge is 0.261 e. The summed E-state index contributed by atoms with van der Waals surface area (Å²) < 4.78 is 33.0. The molecule has 2 aromatic carbocycles. The number of carbonyl (C=O) groups excluding carboxylic acids is 2. The molecule has 2 aliphatic rings. The summed E-state index contributed by atoms with van der Waals surface area (Å²) in [5, 5.41) is 0. The van der Waals surface area contributed by atoms with Gasteiger partial charge in [-0.05, 0) is 55.5 Å². The Bertz CT molecular complexity index is 922. The number of carbonyl (C=O) groups is 2. The van der Waals surface area contributed by atoms with E-state index in [4.69, 9.17) is 4.74 Å². The van der Waals surface area contributed by atoms with E-state index in [9.17, 15) is 18.4 Å². The molecule has 2 aromatic rings. The van der Waals surface area contributed by atoms with Crippen LogP contribution in [0.5, 0.6) is 5.75 Å². The third kappa shape index (κ3) is 3.23. The first-order chi connectivity index (χ1) is 13.0. The van der Waals surface area contributed by atoms with Gasteiger partial charge >= 0.3 is 0 Å². The summed E-state index contributed by atoms with van der Waals surface area (Å²) in [6.45, 7) is 0.149. The van der Waals surface area contributed by atoms with Crippen LogP contribution >= 0.6 is 0 Å². The largest absolute Gasteiger partial charge is 0.489 e. The molecule has 4 rings (SSSR count). The van der Waals surface area contributed by atoms with Crippen molar-refractivity contribution in [3.8, 4) is 5.75 Å². The molecule has 0 saturated heterocycles. The Morgan fingerprint density at radius 2 is 1.52 bits per heavy atom. The second-order valence-corrected chi connectivity index (χ2v) is 6.64. The minimum Gasteiger partial charge on any atom is -0.489 e. The van der Waals surface area contributed by atoms with Crippen LogP contribution in [-0.2, 0) is 16.2 Å². The molecule has 138 valence electrons. The van der Waals surface area contributed by atoms with E-state index < -0.39 is 17.6 Å². The number of benzene rings is 2. The van der Waals surface area contributed by atoms with Gasteiger partial charge in [0.05, 0.1) is 5.69 Å². The molecule has 0 unspecified atom stereocenters. The Morgan fingerprint density at radius 1 is 0.889 bits per heavy atom. The van der Waals surface area contributed by atoms with Crippen LogP contribution in [0.3, 0.4) is 0 Å². The fourth-order valence-electron chi connectivity index (χ4n) is 3.46. The van der Waals surface area contributed by atoms with Crippen LogP contribution < -0.4 is 9.64 Å². The first-order valence-electron chi connectivity index (χ1n) is 8.82. The number of ether oxygens (including phenoxy) is 1. The molecule has 0 radical (unpaired) electrons. The average Bonchev–Trinajstić information content (AvgIpc) is 2.93. The van der Waals surface area contributed by atoms with Crippen molar-refractivity contribution in [3.05, 3.63) is 70.8 Å². The van der Waals surface area contributed by atoms with Gasteiger partial charge in [0.2, 0.25) is 0 Å². The molecule has 0 spiro atoms. The highest BCUT2D eigenvalue weighted by Crippen LogP contribution is 2.37. The normalized spacial score (nSPS) is 16.7. The molecular weight excluding hydrogens is 352 g/mol. The van der Waals surface area contributed by atoms with Gasteiger partial charge in [0.1, 0.15) is 18.2 Å². The summed E-state index contributed by atoms with van der Waals surface area (Å²) in [6.07, 6.45) is 2.86. The maximum Gasteiger partial charge on any atom is 0.261 e. The maximum atomic E-state index is 14.6. The molecule has 1 aliphatic carbocycles. The lowest BCUT2D eigenvalue weighted by molar-refractivity contribution is -0.120. The first-order valence-corrected chi connectivity index (χ1v) is 8.82. The molecule has 2 amide bonds. The van der Waals surface area contributed by atoms with Gasteiger partial charge in [0.25, 0.3) is 11.8 Å². The van der Waals surface area contributed by atoms with Crippen LogP contribution in [-0.4, -0.2) is 11.8 Å². The van der Waals surface area contributed by atoms with E-state index in [-0.39, 0.29) is 23.9 Å². The van der Waals surface area contributed by atoms with E-state index in [1.807, 2.05) is 0 Å². The number of imide groups is 1. The van der Waals surface area contributed by atoms with Crippen molar-refractivity contribution < 1.29 is 23.1 Å². The minimum atomic E-state index is -0.701. The van der Waals surface area contributed by atoms with Gasteiger partial charge < -0.3 is 4.74 Å². The van der Waals surface area contributed by atoms with Crippen molar-refractivity contribution in [2.75, 3.05) is 4.90 Å². The molecule has 0 aromatic heterocycles. The van der Waals surface area contributed by atoms with Gasteiger partial charge in [-0.1, -0.05) is 12.1 Å². The number of halogens is 2. The number of nitrogens with zero attached hydrogens (tertiary/aromatic N) is 1. The fourth-order valence-corrected chi connectivity index (χ4v) is 3.46. The predicted octanol–water partition coefficient (Wildman–Crippen LogP) is 4.29. The highest BCUT2D eigenvalue weighted by Gasteiger charge is 2.40. The molecule has 1 heterocycles. The van der Waals surface area contributed by atoms with Crippen LogP contribution in [0.15, 0.2) is 53.6 Å². The fraction of sp³-hybridized carbons (Fsp3) is 0.238. The zero-order valence-electron chi connectivity index (χ0n) is 14.5. The molecule has 0 saturated carbocycles. The van der Waals surface area contributed by atoms with Crippen LogP contribution in [0.4, 0.5) is 14.5 Å². The molecule has 27 heavy (non-hydrogen) atoms. The first kappa shape index (κ1) is 17.4. The van der Waals surface area contributed by atoms with Gasteiger partial charge in [0, 0.05) is 17.2 Å². The van der Waals surface area contributed by atoms with Crippen LogP contribution in [0.1, 0.15) is 31.2 Å². The van der Waals surface area contributed by atoms with E-state index in [1.54, 1.807) is 12.1 Å². The van der Waals surface area contributed by atoms with Gasteiger partial charge in [-0.3, -0.25) is 9.59 Å². The summed E-state index contributed by atoms with van der Waals surface area (Å²) in [6, 6.07) is 9.85. The molecule has 0 fully saturated rings. The van der Waals surface area contributed by atoms with Crippen molar-refractivity contribution in [2.24, 2.45) is 0 Å². The van der Waals surface area contributed by atoms with Crippen molar-refractivity contribution >= 4 is 17.5 Å². The lowest BCUT2D eigenvalue weighted by Gasteiger charge is -2.17. The highest BCUT2D eigenvalue weighted by molar-refractivity contribution is 6.33. The Balaban J connectivity index is 1.51. The summed E-state index contributed by atoms with van der Waals surface area (Å²) in [5.74, 6) is -1.63. The molecule has 4 nitrogen and oxygen atoms in total. The van der Waals surface area contributed by atoms with Crippen LogP contribution in [0.25, 0.3) is 0 Å². The van der Waals surface area contributed by atoms with Crippen molar-refractivity contribution in [1.29, 1.82) is 0 Å². The maximum absolute atomic E-state index is 14.6. The summed E-state index contributed by atoms with van der Waals surface area (Å²) in [5.41, 5.74) is 1.71. The SMILES string of the molecule is O=C1C2=C(CCCC2)C(=O)N1c1ccc(OCc2ccc(F)cc2)cc1F. The topological polar surface area (TPSA) is 46.6 Å². The van der Waals surface area contributed by atoms with E-state index >= 15 is 0 Å². The highest BCUT2D eigenvalue weighted by atomic mass is 19.1. The quantitative estimate of drug-likeness (QED) is 0.756. The number of rotatable bonds is 4. The number of hydrogen-bond acceptors (Lipinski definition) is 3. The number of anilines is 1. The molecule has 6 heteroatoms. The average molecular weight is 369 g/mol. The van der Waals surface area contributed by atoms with E-state index in [0.717, 1.165) is 29.4 Å².